The summed E-state index contributed by atoms with van der Waals surface area (Å²) in [5.41, 5.74) is 3.68. The molecule has 1 aromatic heterocycles. The Balaban J connectivity index is 0.000000535. The molecule has 0 saturated carbocycles. The number of carbonyl (C=O) groups is 1. The molecule has 0 amide bonds. The number of aliphatic hydroxyl groups is 1. The zero-order valence-corrected chi connectivity index (χ0v) is 40.9. The SMILES string of the molecule is CC(=O)/C=C(/C)O.[C-]#[O+].[C-]#[O+].[Rh].c1ccc([PH+](c2ccccc2)c2ccc3ccccc3c2-c2c(Op3oc4ccc5ccccc5c4c4c(ccc5ccccc54)o3)ccc3ccccc23)cc1. The van der Waals surface area contributed by atoms with E-state index in [0.717, 1.165) is 59.8 Å². The van der Waals surface area contributed by atoms with Crippen LogP contribution in [0.2, 0.25) is 0 Å². The minimum Gasteiger partial charge on any atom is -0.390 e. The molecule has 0 unspecified atom stereocenters. The number of ketones is 1. The van der Waals surface area contributed by atoms with Gasteiger partial charge in [0.2, 0.25) is 0 Å². The zero-order valence-electron chi connectivity index (χ0n) is 37.4. The van der Waals surface area contributed by atoms with Gasteiger partial charge >= 0.3 is 30.8 Å². The Kier molecular flexibility index (Phi) is 16.6. The van der Waals surface area contributed by atoms with Crippen molar-refractivity contribution in [2.75, 3.05) is 0 Å². The largest absolute Gasteiger partial charge is 0.453 e. The molecule has 11 rings (SSSR count). The van der Waals surface area contributed by atoms with Crippen LogP contribution in [0.3, 0.4) is 0 Å². The third-order valence-electron chi connectivity index (χ3n) is 11.4. The molecule has 0 aliphatic heterocycles. The molecule has 10 aromatic carbocycles. The maximum atomic E-state index is 10.0. The van der Waals surface area contributed by atoms with Gasteiger partial charge < -0.3 is 18.0 Å². The first-order valence-electron chi connectivity index (χ1n) is 21.6. The number of benzene rings is 10. The van der Waals surface area contributed by atoms with E-state index in [1.165, 1.54) is 52.2 Å². The Hall–Kier alpha value is -7.32. The molecule has 0 saturated heterocycles. The zero-order chi connectivity index (χ0) is 47.6. The van der Waals surface area contributed by atoms with Crippen LogP contribution < -0.4 is 20.4 Å². The first kappa shape index (κ1) is 49.6. The summed E-state index contributed by atoms with van der Waals surface area (Å²) in [6, 6.07) is 73.5. The van der Waals surface area contributed by atoms with Crippen molar-refractivity contribution < 1.29 is 51.6 Å². The number of hydrogen-bond acceptors (Lipinski definition) is 5. The first-order valence-corrected chi connectivity index (χ1v) is 24.2. The van der Waals surface area contributed by atoms with Crippen LogP contribution in [0.5, 0.6) is 5.75 Å². The molecule has 339 valence electrons. The summed E-state index contributed by atoms with van der Waals surface area (Å²) in [6.45, 7) is 11.8. The standard InChI is InChI=1S/C52H34O3P2.C5H8O2.2CO.Rh/c1-3-19-39(20-4-1)56(40-21-5-2-6-22-40)48-34-30-38-18-10-14-26-44(38)52(48)51-43-25-13-9-17-37(43)29-33-47(51)55-57-53-45-31-27-35-15-7-11-23-41(35)49(45)50-42-24-12-8-16-36(42)28-32-46(50)54-57;1-4(6)3-5(2)7;2*1-2;/h1-34H;3,6H,1-2H3;;;/p+1/b;4-3-;;;. The molecule has 11 aromatic rings. The van der Waals surface area contributed by atoms with Crippen molar-refractivity contribution in [2.45, 2.75) is 13.8 Å². The average Bonchev–Trinajstić information content (AvgIpc) is 3.55. The molecular formula is C59H43O7P2Rh+. The van der Waals surface area contributed by atoms with Crippen molar-refractivity contribution in [1.29, 1.82) is 0 Å². The number of carbonyl (C=O) groups excluding carboxylic acids is 1. The van der Waals surface area contributed by atoms with Crippen molar-refractivity contribution in [3.8, 4) is 16.9 Å². The maximum Gasteiger partial charge on any atom is 0.453 e. The van der Waals surface area contributed by atoms with Gasteiger partial charge in [0.25, 0.3) is 0 Å². The van der Waals surface area contributed by atoms with Gasteiger partial charge in [-0.25, -0.2) is 0 Å². The first-order chi connectivity index (χ1) is 33.4. The number of aliphatic hydroxyl groups excluding tert-OH is 1. The van der Waals surface area contributed by atoms with Crippen LogP contribution >= 0.6 is 16.2 Å². The van der Waals surface area contributed by atoms with Crippen molar-refractivity contribution in [3.05, 3.63) is 231 Å². The van der Waals surface area contributed by atoms with E-state index in [9.17, 15) is 4.79 Å². The molecule has 0 fully saturated rings. The Morgan fingerprint density at radius 2 is 0.884 bits per heavy atom. The second-order valence-corrected chi connectivity index (χ2v) is 19.1. The van der Waals surface area contributed by atoms with E-state index in [-0.39, 0.29) is 31.0 Å². The van der Waals surface area contributed by atoms with Gasteiger partial charge in [0.15, 0.2) is 5.78 Å². The molecule has 1 N–H and O–H groups in total. The quantitative estimate of drug-likeness (QED) is 0.0427. The molecule has 1 radical (unpaired) electrons. The summed E-state index contributed by atoms with van der Waals surface area (Å²) in [5, 5.41) is 23.4. The van der Waals surface area contributed by atoms with Crippen LogP contribution in [0.1, 0.15) is 13.8 Å². The monoisotopic (exact) mass is 1030 g/mol. The van der Waals surface area contributed by atoms with E-state index in [1.54, 1.807) is 0 Å². The topological polar surface area (TPSA) is 113 Å². The van der Waals surface area contributed by atoms with Crippen molar-refractivity contribution in [2.24, 2.45) is 0 Å². The van der Waals surface area contributed by atoms with Crippen molar-refractivity contribution in [1.82, 2.24) is 0 Å². The summed E-state index contributed by atoms with van der Waals surface area (Å²) in [5.74, 6) is 0.652. The van der Waals surface area contributed by atoms with Crippen molar-refractivity contribution in [3.63, 3.8) is 0 Å². The van der Waals surface area contributed by atoms with E-state index in [2.05, 4.69) is 220 Å². The number of fused-ring (bicyclic) bond motifs is 9. The molecule has 0 atom stereocenters. The third-order valence-corrected chi connectivity index (χ3v) is 15.2. The predicted molar refractivity (Wildman–Crippen MR) is 279 cm³/mol. The average molecular weight is 1030 g/mol. The number of allylic oxidation sites excluding steroid dienone is 2. The van der Waals surface area contributed by atoms with E-state index >= 15 is 0 Å². The molecule has 10 heteroatoms. The van der Waals surface area contributed by atoms with Gasteiger partial charge in [0.05, 0.1) is 13.7 Å². The van der Waals surface area contributed by atoms with E-state index < -0.39 is 16.2 Å². The van der Waals surface area contributed by atoms with Crippen LogP contribution in [-0.4, -0.2) is 10.9 Å². The summed E-state index contributed by atoms with van der Waals surface area (Å²) in [4.78, 5) is 10.0. The van der Waals surface area contributed by atoms with Crippen LogP contribution in [0.25, 0.3) is 76.2 Å². The Bertz CT molecular complexity index is 3570. The number of hydrogen-bond donors (Lipinski definition) is 1. The molecule has 1 heterocycles. The Labute approximate surface area is 414 Å². The van der Waals surface area contributed by atoms with Crippen LogP contribution in [0, 0.1) is 13.3 Å². The van der Waals surface area contributed by atoms with Crippen LogP contribution in [-0.2, 0) is 33.6 Å². The summed E-state index contributed by atoms with van der Waals surface area (Å²) < 4.78 is 36.1. The van der Waals surface area contributed by atoms with Gasteiger partial charge in [-0.3, -0.25) is 4.79 Å². The van der Waals surface area contributed by atoms with Gasteiger partial charge in [-0.15, -0.1) is 0 Å². The molecular weight excluding hydrogens is 985 g/mol. The van der Waals surface area contributed by atoms with Gasteiger partial charge in [0.1, 0.15) is 32.8 Å². The van der Waals surface area contributed by atoms with Gasteiger partial charge in [-0.1, -0.05) is 158 Å². The van der Waals surface area contributed by atoms with E-state index in [4.69, 9.17) is 27.3 Å². The molecule has 0 aliphatic rings. The Morgan fingerprint density at radius 1 is 0.507 bits per heavy atom. The van der Waals surface area contributed by atoms with Crippen LogP contribution in [0.4, 0.5) is 0 Å². The summed E-state index contributed by atoms with van der Waals surface area (Å²) in [7, 11) is -3.47. The number of rotatable bonds is 7. The second kappa shape index (κ2) is 23.1. The van der Waals surface area contributed by atoms with Gasteiger partial charge in [0, 0.05) is 47.5 Å². The summed E-state index contributed by atoms with van der Waals surface area (Å²) in [6.07, 6.45) is 1.17. The molecule has 0 bridgehead atoms. The fraction of sp³-hybridized carbons (Fsp3) is 0.0339. The second-order valence-electron chi connectivity index (χ2n) is 15.7. The molecule has 0 spiro atoms. The van der Waals surface area contributed by atoms with Crippen molar-refractivity contribution >= 4 is 103 Å². The van der Waals surface area contributed by atoms with Gasteiger partial charge in [-0.05, 0) is 105 Å². The van der Waals surface area contributed by atoms with Crippen LogP contribution in [0.15, 0.2) is 226 Å². The third kappa shape index (κ3) is 10.6. The maximum absolute atomic E-state index is 10.0. The minimum absolute atomic E-state index is 0. The predicted octanol–water partition coefficient (Wildman–Crippen LogP) is 14.9. The molecule has 69 heavy (non-hydrogen) atoms. The Morgan fingerprint density at radius 3 is 1.32 bits per heavy atom. The van der Waals surface area contributed by atoms with E-state index in [1.807, 2.05) is 0 Å². The van der Waals surface area contributed by atoms with E-state index in [0.29, 0.717) is 5.75 Å². The normalized spacial score (nSPS) is 10.9. The van der Waals surface area contributed by atoms with Gasteiger partial charge in [-0.2, -0.15) is 0 Å². The molecule has 7 nitrogen and oxygen atoms in total. The summed E-state index contributed by atoms with van der Waals surface area (Å²) >= 11 is 0. The fourth-order valence-electron chi connectivity index (χ4n) is 8.78. The minimum atomic E-state index is -1.97. The smallest absolute Gasteiger partial charge is 0.390 e. The molecule has 0 aliphatic carbocycles. The fourth-order valence-corrected chi connectivity index (χ4v) is 12.6.